The molecule has 0 aliphatic rings. The maximum Gasteiger partial charge on any atom is 0.118 e. The molecule has 0 bridgehead atoms. The Morgan fingerprint density at radius 1 is 1.17 bits per heavy atom. The maximum atomic E-state index is 5.39. The van der Waals surface area contributed by atoms with Gasteiger partial charge in [-0.05, 0) is 44.9 Å². The highest BCUT2D eigenvalue weighted by molar-refractivity contribution is 5.27. The lowest BCUT2D eigenvalue weighted by molar-refractivity contribution is 0.0215. The van der Waals surface area contributed by atoms with Crippen molar-refractivity contribution in [2.24, 2.45) is 0 Å². The van der Waals surface area contributed by atoms with Crippen molar-refractivity contribution in [2.45, 2.75) is 38.8 Å². The van der Waals surface area contributed by atoms with E-state index in [1.807, 2.05) is 12.1 Å². The van der Waals surface area contributed by atoms with E-state index in [4.69, 9.17) is 9.47 Å². The summed E-state index contributed by atoms with van der Waals surface area (Å²) in [5.41, 5.74) is 1.19. The van der Waals surface area contributed by atoms with Gasteiger partial charge in [-0.2, -0.15) is 0 Å². The third kappa shape index (κ3) is 5.07. The summed E-state index contributed by atoms with van der Waals surface area (Å²) in [4.78, 5) is 0. The Labute approximate surface area is 110 Å². The fraction of sp³-hybridized carbons (Fsp3) is 0.600. The molecule has 0 aliphatic heterocycles. The second-order valence-corrected chi connectivity index (χ2v) is 5.30. The fourth-order valence-corrected chi connectivity index (χ4v) is 1.68. The monoisotopic (exact) mass is 251 g/mol. The molecule has 1 unspecified atom stereocenters. The normalized spacial score (nSPS) is 13.4. The summed E-state index contributed by atoms with van der Waals surface area (Å²) in [7, 11) is 3.43. The molecule has 0 fully saturated rings. The van der Waals surface area contributed by atoms with Crippen molar-refractivity contribution in [2.75, 3.05) is 20.8 Å². The summed E-state index contributed by atoms with van der Waals surface area (Å²) in [6.45, 7) is 7.21. The van der Waals surface area contributed by atoms with Crippen LogP contribution in [0.1, 0.15) is 26.3 Å². The quantitative estimate of drug-likeness (QED) is 0.808. The second kappa shape index (κ2) is 6.76. The Balaban J connectivity index is 2.41. The number of methoxy groups -OCH3 is 2. The maximum absolute atomic E-state index is 5.39. The summed E-state index contributed by atoms with van der Waals surface area (Å²) in [6.07, 6.45) is 1.00. The van der Waals surface area contributed by atoms with Gasteiger partial charge in [0.25, 0.3) is 0 Å². The highest BCUT2D eigenvalue weighted by Gasteiger charge is 2.16. The van der Waals surface area contributed by atoms with Gasteiger partial charge in [-0.1, -0.05) is 12.1 Å². The van der Waals surface area contributed by atoms with Crippen LogP contribution in [-0.2, 0) is 11.2 Å². The minimum Gasteiger partial charge on any atom is -0.497 e. The van der Waals surface area contributed by atoms with Gasteiger partial charge < -0.3 is 14.8 Å². The molecule has 18 heavy (non-hydrogen) atoms. The zero-order valence-electron chi connectivity index (χ0n) is 12.1. The molecule has 1 N–H and O–H groups in total. The molecule has 0 amide bonds. The van der Waals surface area contributed by atoms with Crippen molar-refractivity contribution in [1.29, 1.82) is 0 Å². The molecule has 3 nitrogen and oxygen atoms in total. The summed E-state index contributed by atoms with van der Waals surface area (Å²) in [5.74, 6) is 0.903. The summed E-state index contributed by atoms with van der Waals surface area (Å²) in [6, 6.07) is 8.65. The standard InChI is InChI=1S/C15H25NO2/c1-12(16-11-15(2,3)18-5)10-13-6-8-14(17-4)9-7-13/h6-9,12,16H,10-11H2,1-5H3. The lowest BCUT2D eigenvalue weighted by Crippen LogP contribution is -2.41. The van der Waals surface area contributed by atoms with Crippen LogP contribution in [-0.4, -0.2) is 32.4 Å². The van der Waals surface area contributed by atoms with E-state index in [0.717, 1.165) is 18.7 Å². The fourth-order valence-electron chi connectivity index (χ4n) is 1.68. The SMILES string of the molecule is COc1ccc(CC(C)NCC(C)(C)OC)cc1. The van der Waals surface area contributed by atoms with Crippen LogP contribution in [0.3, 0.4) is 0 Å². The summed E-state index contributed by atoms with van der Waals surface area (Å²) < 4.78 is 10.5. The predicted octanol–water partition coefficient (Wildman–Crippen LogP) is 2.64. The van der Waals surface area contributed by atoms with Gasteiger partial charge in [0, 0.05) is 19.7 Å². The van der Waals surface area contributed by atoms with Crippen LogP contribution < -0.4 is 10.1 Å². The molecule has 1 atom stereocenters. The lowest BCUT2D eigenvalue weighted by Gasteiger charge is -2.25. The number of hydrogen-bond acceptors (Lipinski definition) is 3. The number of ether oxygens (including phenoxy) is 2. The first kappa shape index (κ1) is 15.0. The number of nitrogens with one attached hydrogen (secondary N) is 1. The van der Waals surface area contributed by atoms with Crippen LogP contribution in [0.25, 0.3) is 0 Å². The van der Waals surface area contributed by atoms with Crippen LogP contribution in [0.5, 0.6) is 5.75 Å². The van der Waals surface area contributed by atoms with E-state index in [1.54, 1.807) is 14.2 Å². The molecule has 0 saturated carbocycles. The lowest BCUT2D eigenvalue weighted by atomic mass is 10.1. The Hall–Kier alpha value is -1.06. The highest BCUT2D eigenvalue weighted by atomic mass is 16.5. The molecule has 0 saturated heterocycles. The first-order valence-electron chi connectivity index (χ1n) is 6.38. The average Bonchev–Trinajstić information content (AvgIpc) is 2.37. The van der Waals surface area contributed by atoms with Crippen molar-refractivity contribution >= 4 is 0 Å². The van der Waals surface area contributed by atoms with Gasteiger partial charge in [-0.15, -0.1) is 0 Å². The molecule has 3 heteroatoms. The van der Waals surface area contributed by atoms with Crippen LogP contribution in [0.4, 0.5) is 0 Å². The zero-order valence-corrected chi connectivity index (χ0v) is 12.1. The van der Waals surface area contributed by atoms with Gasteiger partial charge in [0.15, 0.2) is 0 Å². The van der Waals surface area contributed by atoms with Crippen molar-refractivity contribution in [3.8, 4) is 5.75 Å². The minimum absolute atomic E-state index is 0.117. The summed E-state index contributed by atoms with van der Waals surface area (Å²) in [5, 5.41) is 3.49. The van der Waals surface area contributed by atoms with Crippen LogP contribution in [0.2, 0.25) is 0 Å². The van der Waals surface area contributed by atoms with Gasteiger partial charge in [-0.3, -0.25) is 0 Å². The third-order valence-corrected chi connectivity index (χ3v) is 3.13. The molecular weight excluding hydrogens is 226 g/mol. The zero-order chi connectivity index (χ0) is 13.6. The average molecular weight is 251 g/mol. The Bertz CT molecular complexity index is 346. The van der Waals surface area contributed by atoms with E-state index in [0.29, 0.717) is 6.04 Å². The molecule has 1 rings (SSSR count). The van der Waals surface area contributed by atoms with E-state index in [-0.39, 0.29) is 5.60 Å². The highest BCUT2D eigenvalue weighted by Crippen LogP contribution is 2.13. The largest absolute Gasteiger partial charge is 0.497 e. The number of hydrogen-bond donors (Lipinski definition) is 1. The number of benzene rings is 1. The predicted molar refractivity (Wildman–Crippen MR) is 75.3 cm³/mol. The number of rotatable bonds is 7. The van der Waals surface area contributed by atoms with E-state index in [2.05, 4.69) is 38.2 Å². The van der Waals surface area contributed by atoms with Gasteiger partial charge in [0.1, 0.15) is 5.75 Å². The molecular formula is C15H25NO2. The van der Waals surface area contributed by atoms with Crippen molar-refractivity contribution in [1.82, 2.24) is 5.32 Å². The minimum atomic E-state index is -0.117. The van der Waals surface area contributed by atoms with E-state index < -0.39 is 0 Å². The van der Waals surface area contributed by atoms with E-state index >= 15 is 0 Å². The molecule has 0 aliphatic carbocycles. The molecule has 1 aromatic carbocycles. The first-order chi connectivity index (χ1) is 8.46. The van der Waals surface area contributed by atoms with Crippen LogP contribution >= 0.6 is 0 Å². The molecule has 102 valence electrons. The second-order valence-electron chi connectivity index (χ2n) is 5.30. The van der Waals surface area contributed by atoms with Gasteiger partial charge in [0.05, 0.1) is 12.7 Å². The van der Waals surface area contributed by atoms with E-state index in [1.165, 1.54) is 5.56 Å². The molecule has 0 spiro atoms. The Kier molecular flexibility index (Phi) is 5.63. The summed E-state index contributed by atoms with van der Waals surface area (Å²) >= 11 is 0. The van der Waals surface area contributed by atoms with Gasteiger partial charge >= 0.3 is 0 Å². The Morgan fingerprint density at radius 2 is 1.78 bits per heavy atom. The third-order valence-electron chi connectivity index (χ3n) is 3.13. The molecule has 0 heterocycles. The molecule has 0 radical (unpaired) electrons. The van der Waals surface area contributed by atoms with E-state index in [9.17, 15) is 0 Å². The Morgan fingerprint density at radius 3 is 2.28 bits per heavy atom. The van der Waals surface area contributed by atoms with Crippen molar-refractivity contribution < 1.29 is 9.47 Å². The first-order valence-corrected chi connectivity index (χ1v) is 6.38. The van der Waals surface area contributed by atoms with Crippen LogP contribution in [0.15, 0.2) is 24.3 Å². The molecule has 0 aromatic heterocycles. The van der Waals surface area contributed by atoms with Crippen molar-refractivity contribution in [3.63, 3.8) is 0 Å². The molecule has 1 aromatic rings. The van der Waals surface area contributed by atoms with Gasteiger partial charge in [0.2, 0.25) is 0 Å². The topological polar surface area (TPSA) is 30.5 Å². The van der Waals surface area contributed by atoms with Crippen LogP contribution in [0, 0.1) is 0 Å². The smallest absolute Gasteiger partial charge is 0.118 e. The van der Waals surface area contributed by atoms with Crippen molar-refractivity contribution in [3.05, 3.63) is 29.8 Å². The van der Waals surface area contributed by atoms with Gasteiger partial charge in [-0.25, -0.2) is 0 Å².